The largest absolute Gasteiger partial charge is 0.361 e. The molecule has 1 atom stereocenters. The van der Waals surface area contributed by atoms with Crippen LogP contribution in [-0.2, 0) is 26.0 Å². The van der Waals surface area contributed by atoms with Gasteiger partial charge in [0.2, 0.25) is 15.9 Å². The second-order valence-electron chi connectivity index (χ2n) is 9.83. The number of nitrogens with one attached hydrogen (secondary N) is 1. The van der Waals surface area contributed by atoms with Crippen molar-refractivity contribution in [3.05, 3.63) is 94.1 Å². The van der Waals surface area contributed by atoms with Crippen LogP contribution in [0.5, 0.6) is 0 Å². The second kappa shape index (κ2) is 10.8. The number of halogens is 2. The van der Waals surface area contributed by atoms with Gasteiger partial charge in [0.15, 0.2) is 0 Å². The van der Waals surface area contributed by atoms with E-state index in [1.807, 2.05) is 42.6 Å². The van der Waals surface area contributed by atoms with Gasteiger partial charge in [0.05, 0.1) is 17.1 Å². The van der Waals surface area contributed by atoms with Crippen molar-refractivity contribution in [2.24, 2.45) is 0 Å². The van der Waals surface area contributed by atoms with Crippen LogP contribution in [0.2, 0.25) is 10.0 Å². The summed E-state index contributed by atoms with van der Waals surface area (Å²) in [4.78, 5) is 30.9. The molecule has 39 heavy (non-hydrogen) atoms. The summed E-state index contributed by atoms with van der Waals surface area (Å²) in [6.45, 7) is 4.06. The summed E-state index contributed by atoms with van der Waals surface area (Å²) in [5, 5.41) is 1.13. The van der Waals surface area contributed by atoms with E-state index < -0.39 is 27.9 Å². The lowest BCUT2D eigenvalue weighted by atomic mass is 10.0. The summed E-state index contributed by atoms with van der Waals surface area (Å²) in [6.07, 6.45) is 1.85. The molecule has 0 saturated carbocycles. The zero-order valence-electron chi connectivity index (χ0n) is 21.4. The van der Waals surface area contributed by atoms with E-state index in [2.05, 4.69) is 18.8 Å². The Morgan fingerprint density at radius 2 is 1.74 bits per heavy atom. The Labute approximate surface area is 237 Å². The van der Waals surface area contributed by atoms with Crippen molar-refractivity contribution in [2.45, 2.75) is 43.5 Å². The maximum Gasteiger partial charge on any atom is 0.252 e. The van der Waals surface area contributed by atoms with Crippen LogP contribution >= 0.6 is 23.2 Å². The normalized spacial score (nSPS) is 16.3. The zero-order valence-corrected chi connectivity index (χ0v) is 23.7. The van der Waals surface area contributed by atoms with Crippen molar-refractivity contribution < 1.29 is 18.0 Å². The monoisotopic (exact) mass is 583 g/mol. The Kier molecular flexibility index (Phi) is 7.57. The minimum Gasteiger partial charge on any atom is -0.361 e. The number of hydrogen-bond donors (Lipinski definition) is 1. The predicted octanol–water partition coefficient (Wildman–Crippen LogP) is 6.16. The third kappa shape index (κ3) is 5.22. The Hall–Kier alpha value is -3.17. The molecule has 10 heteroatoms. The Morgan fingerprint density at radius 1 is 1.03 bits per heavy atom. The molecule has 0 radical (unpaired) electrons. The maximum absolute atomic E-state index is 14.0. The molecule has 0 spiro atoms. The number of sulfonamides is 1. The quantitative estimate of drug-likeness (QED) is 0.251. The van der Waals surface area contributed by atoms with Crippen LogP contribution in [0.15, 0.2) is 77.8 Å². The van der Waals surface area contributed by atoms with E-state index in [-0.39, 0.29) is 33.8 Å². The van der Waals surface area contributed by atoms with Crippen LogP contribution in [0.4, 0.5) is 5.69 Å². The smallest absolute Gasteiger partial charge is 0.252 e. The number of para-hydroxylation sites is 1. The first-order valence-electron chi connectivity index (χ1n) is 12.6. The number of H-pyrrole nitrogens is 1. The first-order chi connectivity index (χ1) is 18.6. The number of rotatable bonds is 8. The molecule has 1 saturated heterocycles. The van der Waals surface area contributed by atoms with E-state index in [0.29, 0.717) is 12.1 Å². The van der Waals surface area contributed by atoms with Gasteiger partial charge < -0.3 is 4.98 Å². The van der Waals surface area contributed by atoms with E-state index >= 15 is 0 Å². The summed E-state index contributed by atoms with van der Waals surface area (Å²) in [6, 6.07) is 17.8. The molecule has 7 nitrogen and oxygen atoms in total. The molecule has 5 rings (SSSR count). The average Bonchev–Trinajstić information content (AvgIpc) is 3.45. The third-order valence-electron chi connectivity index (χ3n) is 7.04. The Morgan fingerprint density at radius 3 is 2.46 bits per heavy atom. The number of fused-ring (bicyclic) bond motifs is 1. The molecule has 202 valence electrons. The van der Waals surface area contributed by atoms with Crippen molar-refractivity contribution in [1.29, 1.82) is 0 Å². The standard InChI is InChI=1S/C29H27Cl2N3O4S/c1-18(2)19-7-10-22(11-8-19)34-28(35)16-26(29(34)36)33(39(37,38)27-15-21(30)9-12-24(27)31)14-13-20-17-32-25-6-4-3-5-23(20)25/h3-12,15,17-18,26,32H,13-14,16H2,1-2H3. The minimum absolute atomic E-state index is 0.0191. The highest BCUT2D eigenvalue weighted by Crippen LogP contribution is 2.34. The van der Waals surface area contributed by atoms with Crippen molar-refractivity contribution >= 4 is 61.6 Å². The van der Waals surface area contributed by atoms with Gasteiger partial charge in [-0.3, -0.25) is 9.59 Å². The number of hydrogen-bond acceptors (Lipinski definition) is 4. The lowest BCUT2D eigenvalue weighted by molar-refractivity contribution is -0.122. The van der Waals surface area contributed by atoms with Gasteiger partial charge in [0.1, 0.15) is 10.9 Å². The van der Waals surface area contributed by atoms with E-state index in [1.54, 1.807) is 12.1 Å². The van der Waals surface area contributed by atoms with Crippen LogP contribution < -0.4 is 4.90 Å². The van der Waals surface area contributed by atoms with Gasteiger partial charge in [-0.1, -0.05) is 67.4 Å². The number of nitrogens with zero attached hydrogens (tertiary/aromatic N) is 2. The fourth-order valence-corrected chi connectivity index (χ4v) is 7.26. The van der Waals surface area contributed by atoms with Gasteiger partial charge in [-0.25, -0.2) is 13.3 Å². The van der Waals surface area contributed by atoms with Crippen LogP contribution in [0.3, 0.4) is 0 Å². The number of carbonyl (C=O) groups excluding carboxylic acids is 2. The molecule has 1 aliphatic rings. The summed E-state index contributed by atoms with van der Waals surface area (Å²) in [7, 11) is -4.32. The van der Waals surface area contributed by atoms with Gasteiger partial charge in [0, 0.05) is 28.7 Å². The molecular weight excluding hydrogens is 557 g/mol. The lowest BCUT2D eigenvalue weighted by Gasteiger charge is -2.27. The Bertz CT molecular complexity index is 1670. The van der Waals surface area contributed by atoms with Gasteiger partial charge >= 0.3 is 0 Å². The predicted molar refractivity (Wildman–Crippen MR) is 154 cm³/mol. The van der Waals surface area contributed by atoms with Crippen molar-refractivity contribution in [3.8, 4) is 0 Å². The van der Waals surface area contributed by atoms with Crippen molar-refractivity contribution in [3.63, 3.8) is 0 Å². The molecule has 1 N–H and O–H groups in total. The fourth-order valence-electron chi connectivity index (χ4n) is 4.93. The van der Waals surface area contributed by atoms with Crippen LogP contribution in [-0.4, -0.2) is 42.1 Å². The number of aromatic nitrogens is 1. The fraction of sp³-hybridized carbons (Fsp3) is 0.241. The third-order valence-corrected chi connectivity index (χ3v) is 9.67. The summed E-state index contributed by atoms with van der Waals surface area (Å²) in [5.41, 5.74) is 3.28. The Balaban J connectivity index is 1.52. The molecule has 4 aromatic rings. The number of amides is 2. The zero-order chi connectivity index (χ0) is 27.9. The van der Waals surface area contributed by atoms with Crippen molar-refractivity contribution in [2.75, 3.05) is 11.4 Å². The number of carbonyl (C=O) groups is 2. The number of imide groups is 1. The lowest BCUT2D eigenvalue weighted by Crippen LogP contribution is -2.46. The molecule has 1 aliphatic heterocycles. The molecule has 1 aromatic heterocycles. The average molecular weight is 585 g/mol. The van der Waals surface area contributed by atoms with E-state index in [4.69, 9.17) is 23.2 Å². The van der Waals surface area contributed by atoms with Gasteiger partial charge in [-0.2, -0.15) is 4.31 Å². The van der Waals surface area contributed by atoms with E-state index in [1.165, 1.54) is 18.2 Å². The minimum atomic E-state index is -4.32. The first kappa shape index (κ1) is 27.4. The summed E-state index contributed by atoms with van der Waals surface area (Å²) >= 11 is 12.4. The molecule has 0 bridgehead atoms. The molecule has 0 aliphatic carbocycles. The first-order valence-corrected chi connectivity index (χ1v) is 14.8. The highest BCUT2D eigenvalue weighted by molar-refractivity contribution is 7.89. The number of aromatic amines is 1. The highest BCUT2D eigenvalue weighted by Gasteiger charge is 2.47. The second-order valence-corrected chi connectivity index (χ2v) is 12.5. The maximum atomic E-state index is 14.0. The number of anilines is 1. The number of benzene rings is 3. The van der Waals surface area contributed by atoms with Crippen LogP contribution in [0.25, 0.3) is 10.9 Å². The molecule has 3 aromatic carbocycles. The SMILES string of the molecule is CC(C)c1ccc(N2C(=O)CC(N(CCc3c[nH]c4ccccc34)S(=O)(=O)c3cc(Cl)ccc3Cl)C2=O)cc1. The summed E-state index contributed by atoms with van der Waals surface area (Å²) in [5.74, 6) is -0.783. The van der Waals surface area contributed by atoms with Crippen LogP contribution in [0.1, 0.15) is 37.3 Å². The van der Waals surface area contributed by atoms with E-state index in [0.717, 1.165) is 31.2 Å². The van der Waals surface area contributed by atoms with Crippen molar-refractivity contribution in [1.82, 2.24) is 9.29 Å². The topological polar surface area (TPSA) is 90.6 Å². The highest BCUT2D eigenvalue weighted by atomic mass is 35.5. The molecule has 1 unspecified atom stereocenters. The van der Waals surface area contributed by atoms with Crippen LogP contribution in [0, 0.1) is 0 Å². The summed E-state index contributed by atoms with van der Waals surface area (Å²) < 4.78 is 29.1. The van der Waals surface area contributed by atoms with Gasteiger partial charge in [0.25, 0.3) is 5.91 Å². The molecular formula is C29H27Cl2N3O4S. The molecule has 2 heterocycles. The van der Waals surface area contributed by atoms with Gasteiger partial charge in [-0.15, -0.1) is 0 Å². The van der Waals surface area contributed by atoms with Gasteiger partial charge in [-0.05, 0) is 59.9 Å². The molecule has 2 amide bonds. The van der Waals surface area contributed by atoms with E-state index in [9.17, 15) is 18.0 Å². The molecule has 1 fully saturated rings.